The van der Waals surface area contributed by atoms with Crippen LogP contribution in [0.4, 0.5) is 10.5 Å². The molecule has 0 aliphatic rings. The molecule has 0 bridgehead atoms. The number of hydrogen-bond acceptors (Lipinski definition) is 5. The number of nitrogens with zero attached hydrogens (tertiary/aromatic N) is 1. The Balaban J connectivity index is 2.57. The molecule has 0 heterocycles. The second kappa shape index (κ2) is 8.39. The van der Waals surface area contributed by atoms with Crippen LogP contribution in [0.3, 0.4) is 0 Å². The fourth-order valence-corrected chi connectivity index (χ4v) is 1.24. The molecule has 0 aliphatic heterocycles. The van der Waals surface area contributed by atoms with Gasteiger partial charge in [-0.15, -0.1) is 11.6 Å². The zero-order valence-electron chi connectivity index (χ0n) is 10.6. The minimum absolute atomic E-state index is 0.0422. The van der Waals surface area contributed by atoms with Gasteiger partial charge in [-0.25, -0.2) is 9.59 Å². The van der Waals surface area contributed by atoms with Crippen molar-refractivity contribution in [1.82, 2.24) is 0 Å². The molecule has 20 heavy (non-hydrogen) atoms. The molecule has 108 valence electrons. The zero-order valence-corrected chi connectivity index (χ0v) is 12.1. The van der Waals surface area contributed by atoms with Crippen LogP contribution in [0.25, 0.3) is 0 Å². The zero-order chi connectivity index (χ0) is 15.0. The van der Waals surface area contributed by atoms with Crippen molar-refractivity contribution in [2.45, 2.75) is 6.92 Å². The largest absolute Gasteiger partial charge is 0.462 e. The lowest BCUT2D eigenvalue weighted by Gasteiger charge is -2.04. The molecule has 0 atom stereocenters. The topological polar surface area (TPSA) is 77.0 Å². The molecule has 1 N–H and O–H groups in total. The van der Waals surface area contributed by atoms with E-state index in [4.69, 9.17) is 27.9 Å². The first-order valence-electron chi connectivity index (χ1n) is 5.60. The Morgan fingerprint density at radius 3 is 2.50 bits per heavy atom. The van der Waals surface area contributed by atoms with Crippen LogP contribution >= 0.6 is 23.2 Å². The Labute approximate surface area is 125 Å². The predicted molar refractivity (Wildman–Crippen MR) is 76.5 cm³/mol. The van der Waals surface area contributed by atoms with Crippen molar-refractivity contribution in [2.24, 2.45) is 5.16 Å². The summed E-state index contributed by atoms with van der Waals surface area (Å²) in [5, 5.41) is 5.63. The van der Waals surface area contributed by atoms with Gasteiger partial charge in [0.05, 0.1) is 18.1 Å². The first-order valence-corrected chi connectivity index (χ1v) is 6.51. The number of esters is 1. The molecule has 0 saturated carbocycles. The molecule has 6 nitrogen and oxygen atoms in total. The Morgan fingerprint density at radius 1 is 1.30 bits per heavy atom. The van der Waals surface area contributed by atoms with E-state index in [0.29, 0.717) is 17.9 Å². The predicted octanol–water partition coefficient (Wildman–Crippen LogP) is 3.20. The highest BCUT2D eigenvalue weighted by Crippen LogP contribution is 2.11. The highest BCUT2D eigenvalue weighted by Gasteiger charge is 2.07. The molecular weight excluding hydrogens is 307 g/mol. The van der Waals surface area contributed by atoms with Crippen LogP contribution < -0.4 is 5.32 Å². The molecule has 0 fully saturated rings. The minimum Gasteiger partial charge on any atom is -0.462 e. The second-order valence-corrected chi connectivity index (χ2v) is 4.11. The number of oxime groups is 1. The molecule has 0 saturated heterocycles. The Hall–Kier alpha value is -1.79. The lowest BCUT2D eigenvalue weighted by Crippen LogP contribution is -2.12. The van der Waals surface area contributed by atoms with E-state index >= 15 is 0 Å². The maximum Gasteiger partial charge on any atom is 0.437 e. The number of anilines is 1. The van der Waals surface area contributed by atoms with Gasteiger partial charge in [0.1, 0.15) is 0 Å². The smallest absolute Gasteiger partial charge is 0.437 e. The third-order valence-corrected chi connectivity index (χ3v) is 2.57. The van der Waals surface area contributed by atoms with Gasteiger partial charge in [0.25, 0.3) is 0 Å². The molecule has 0 radical (unpaired) electrons. The SMILES string of the molecule is CCOC(=O)c1ccc(NC(=O)ON=C(Cl)CCl)cc1. The van der Waals surface area contributed by atoms with Crippen molar-refractivity contribution in [3.63, 3.8) is 0 Å². The van der Waals surface area contributed by atoms with Crippen molar-refractivity contribution in [1.29, 1.82) is 0 Å². The number of amides is 1. The van der Waals surface area contributed by atoms with Gasteiger partial charge in [-0.3, -0.25) is 10.2 Å². The van der Waals surface area contributed by atoms with Crippen LogP contribution in [0.5, 0.6) is 0 Å². The van der Waals surface area contributed by atoms with Gasteiger partial charge >= 0.3 is 12.1 Å². The number of benzene rings is 1. The summed E-state index contributed by atoms with van der Waals surface area (Å²) in [5.41, 5.74) is 0.814. The number of nitrogens with one attached hydrogen (secondary N) is 1. The maximum atomic E-state index is 11.4. The monoisotopic (exact) mass is 318 g/mol. The van der Waals surface area contributed by atoms with Gasteiger partial charge in [-0.05, 0) is 31.2 Å². The van der Waals surface area contributed by atoms with Gasteiger partial charge in [0.15, 0.2) is 5.17 Å². The summed E-state index contributed by atoms with van der Waals surface area (Å²) in [4.78, 5) is 27.2. The first-order chi connectivity index (χ1) is 9.56. The highest BCUT2D eigenvalue weighted by atomic mass is 35.5. The number of halogens is 2. The van der Waals surface area contributed by atoms with Crippen LogP contribution in [0.2, 0.25) is 0 Å². The van der Waals surface area contributed by atoms with Gasteiger partial charge < -0.3 is 4.74 Å². The van der Waals surface area contributed by atoms with E-state index in [1.54, 1.807) is 6.92 Å². The third kappa shape index (κ3) is 5.46. The van der Waals surface area contributed by atoms with E-state index in [2.05, 4.69) is 15.3 Å². The van der Waals surface area contributed by atoms with Gasteiger partial charge in [-0.2, -0.15) is 0 Å². The molecule has 0 spiro atoms. The third-order valence-electron chi connectivity index (χ3n) is 1.98. The number of carbonyl (C=O) groups is 2. The van der Waals surface area contributed by atoms with Crippen molar-refractivity contribution in [2.75, 3.05) is 17.8 Å². The van der Waals surface area contributed by atoms with Gasteiger partial charge in [0, 0.05) is 5.69 Å². The normalized spacial score (nSPS) is 10.8. The standard InChI is InChI=1S/C12H12Cl2N2O4/c1-2-19-11(17)8-3-5-9(6-4-8)15-12(18)20-16-10(14)7-13/h3-6H,2,7H2,1H3,(H,15,18). The Morgan fingerprint density at radius 2 is 1.95 bits per heavy atom. The van der Waals surface area contributed by atoms with Crippen molar-refractivity contribution in [3.8, 4) is 0 Å². The van der Waals surface area contributed by atoms with Crippen LogP contribution in [0.15, 0.2) is 29.4 Å². The van der Waals surface area contributed by atoms with Gasteiger partial charge in [0.2, 0.25) is 0 Å². The van der Waals surface area contributed by atoms with E-state index in [1.165, 1.54) is 24.3 Å². The van der Waals surface area contributed by atoms with Crippen molar-refractivity contribution >= 4 is 46.1 Å². The Bertz CT molecular complexity index is 503. The molecule has 0 aromatic heterocycles. The quantitative estimate of drug-likeness (QED) is 0.297. The molecule has 1 aromatic carbocycles. The minimum atomic E-state index is -0.822. The molecule has 1 rings (SSSR count). The summed E-state index contributed by atoms with van der Waals surface area (Å²) in [5.74, 6) is -0.483. The number of ether oxygens (including phenoxy) is 1. The molecular formula is C12H12Cl2N2O4. The van der Waals surface area contributed by atoms with Crippen LogP contribution in [-0.2, 0) is 9.57 Å². The summed E-state index contributed by atoms with van der Waals surface area (Å²) < 4.78 is 4.83. The molecule has 0 unspecified atom stereocenters. The maximum absolute atomic E-state index is 11.4. The number of hydrogen-bond donors (Lipinski definition) is 1. The summed E-state index contributed by atoms with van der Waals surface area (Å²) in [7, 11) is 0. The van der Waals surface area contributed by atoms with Crippen molar-refractivity contribution in [3.05, 3.63) is 29.8 Å². The number of alkyl halides is 1. The molecule has 0 aliphatic carbocycles. The fraction of sp³-hybridized carbons (Fsp3) is 0.250. The lowest BCUT2D eigenvalue weighted by molar-refractivity contribution is 0.0526. The van der Waals surface area contributed by atoms with E-state index in [1.807, 2.05) is 0 Å². The molecule has 1 amide bonds. The van der Waals surface area contributed by atoms with E-state index in [-0.39, 0.29) is 11.1 Å². The van der Waals surface area contributed by atoms with Crippen LogP contribution in [-0.4, -0.2) is 29.7 Å². The van der Waals surface area contributed by atoms with E-state index < -0.39 is 12.1 Å². The second-order valence-electron chi connectivity index (χ2n) is 3.40. The summed E-state index contributed by atoms with van der Waals surface area (Å²) in [6.07, 6.45) is -0.822. The van der Waals surface area contributed by atoms with Gasteiger partial charge in [-0.1, -0.05) is 16.8 Å². The average Bonchev–Trinajstić information content (AvgIpc) is 2.45. The van der Waals surface area contributed by atoms with E-state index in [0.717, 1.165) is 0 Å². The first kappa shape index (κ1) is 16.3. The van der Waals surface area contributed by atoms with Crippen LogP contribution in [0.1, 0.15) is 17.3 Å². The molecule has 8 heteroatoms. The highest BCUT2D eigenvalue weighted by molar-refractivity contribution is 6.69. The fourth-order valence-electron chi connectivity index (χ4n) is 1.16. The summed E-state index contributed by atoms with van der Waals surface area (Å²) in [6, 6.07) is 6.09. The van der Waals surface area contributed by atoms with Crippen LogP contribution in [0, 0.1) is 0 Å². The number of rotatable bonds is 5. The lowest BCUT2D eigenvalue weighted by atomic mass is 10.2. The average molecular weight is 319 g/mol. The molecule has 1 aromatic rings. The summed E-state index contributed by atoms with van der Waals surface area (Å²) in [6.45, 7) is 2.01. The van der Waals surface area contributed by atoms with E-state index in [9.17, 15) is 9.59 Å². The van der Waals surface area contributed by atoms with Crippen molar-refractivity contribution < 1.29 is 19.2 Å². The summed E-state index contributed by atoms with van der Waals surface area (Å²) >= 11 is 10.8. The number of carbonyl (C=O) groups excluding carboxylic acids is 2. The Kier molecular flexibility index (Phi) is 6.83.